The van der Waals surface area contributed by atoms with E-state index < -0.39 is 10.8 Å². The molecule has 0 aliphatic heterocycles. The van der Waals surface area contributed by atoms with Crippen LogP contribution >= 0.6 is 0 Å². The van der Waals surface area contributed by atoms with Gasteiger partial charge in [0.25, 0.3) is 0 Å². The van der Waals surface area contributed by atoms with Gasteiger partial charge in [-0.1, -0.05) is 129 Å². The lowest BCUT2D eigenvalue weighted by Crippen LogP contribution is -2.68. The molecule has 5 aliphatic rings. The summed E-state index contributed by atoms with van der Waals surface area (Å²) in [5, 5.41) is 0. The second-order valence-electron chi connectivity index (χ2n) is 17.2. The molecule has 0 atom stereocenters. The highest BCUT2D eigenvalue weighted by atomic mass is 16.2. The van der Waals surface area contributed by atoms with E-state index in [1.165, 1.54) is 141 Å². The van der Waals surface area contributed by atoms with Crippen LogP contribution in [0, 0.1) is 46.3 Å². The molecule has 0 aromatic heterocycles. The third-order valence-electron chi connectivity index (χ3n) is 14.6. The number of hydrogen-bond acceptors (Lipinski definition) is 2. The maximum absolute atomic E-state index is 13.9. The number of rotatable bonds is 16. The minimum atomic E-state index is -0.549. The second kappa shape index (κ2) is 16.9. The Bertz CT molecular complexity index is 836. The third-order valence-corrected chi connectivity index (χ3v) is 14.6. The van der Waals surface area contributed by atoms with E-state index in [-0.39, 0.29) is 0 Å². The van der Waals surface area contributed by atoms with Gasteiger partial charge in [0.2, 0.25) is 0 Å². The quantitative estimate of drug-likeness (QED) is 0.129. The van der Waals surface area contributed by atoms with E-state index in [9.17, 15) is 9.59 Å². The molecule has 5 aliphatic carbocycles. The van der Waals surface area contributed by atoms with Crippen LogP contribution in [0.1, 0.15) is 206 Å². The van der Waals surface area contributed by atoms with Gasteiger partial charge in [0, 0.05) is 0 Å². The predicted octanol–water partition coefficient (Wildman–Crippen LogP) is 12.6. The maximum atomic E-state index is 13.9. The van der Waals surface area contributed by atoms with Gasteiger partial charge < -0.3 is 0 Å². The van der Waals surface area contributed by atoms with Crippen molar-refractivity contribution in [3.63, 3.8) is 0 Å². The zero-order valence-corrected chi connectivity index (χ0v) is 29.5. The number of unbranched alkanes of at least 4 members (excludes halogenated alkanes) is 10. The van der Waals surface area contributed by atoms with Crippen LogP contribution in [0.5, 0.6) is 0 Å². The number of carbonyl (C=O) groups is 2. The van der Waals surface area contributed by atoms with E-state index in [0.29, 0.717) is 11.6 Å². The average molecular weight is 609 g/mol. The first-order valence-corrected chi connectivity index (χ1v) is 20.6. The summed E-state index contributed by atoms with van der Waals surface area (Å²) < 4.78 is 0. The van der Waals surface area contributed by atoms with Crippen LogP contribution < -0.4 is 0 Å². The normalized spacial score (nSPS) is 37.9. The van der Waals surface area contributed by atoms with Crippen LogP contribution in [0.3, 0.4) is 0 Å². The van der Waals surface area contributed by atoms with Crippen molar-refractivity contribution in [1.29, 1.82) is 0 Å². The second-order valence-corrected chi connectivity index (χ2v) is 17.2. The molecule has 0 aromatic carbocycles. The lowest BCUT2D eigenvalue weighted by atomic mass is 9.41. The SMILES string of the molecule is CCCCCCCCCCC1CCC(C2CCC3(CC2)C(=O)C2(CCC(C4CCC(CCCCCC)CC4)CC2)C3=O)CC1. The molecule has 0 unspecified atom stereocenters. The van der Waals surface area contributed by atoms with Gasteiger partial charge in [-0.15, -0.1) is 0 Å². The summed E-state index contributed by atoms with van der Waals surface area (Å²) >= 11 is 0. The fourth-order valence-electron chi connectivity index (χ4n) is 11.5. The summed E-state index contributed by atoms with van der Waals surface area (Å²) in [6, 6.07) is 0. The molecule has 0 radical (unpaired) electrons. The summed E-state index contributed by atoms with van der Waals surface area (Å²) in [5.41, 5.74) is -1.10. The van der Waals surface area contributed by atoms with Crippen LogP contribution in [0.25, 0.3) is 0 Å². The van der Waals surface area contributed by atoms with E-state index in [1.54, 1.807) is 0 Å². The topological polar surface area (TPSA) is 34.1 Å². The zero-order valence-electron chi connectivity index (χ0n) is 29.5. The molecular weight excluding hydrogens is 536 g/mol. The predicted molar refractivity (Wildman–Crippen MR) is 186 cm³/mol. The minimum Gasteiger partial charge on any atom is -0.297 e. The summed E-state index contributed by atoms with van der Waals surface area (Å²) in [5.74, 6) is 6.05. The summed E-state index contributed by atoms with van der Waals surface area (Å²) in [6.45, 7) is 4.61. The van der Waals surface area contributed by atoms with Gasteiger partial charge in [-0.3, -0.25) is 9.59 Å². The molecule has 5 saturated carbocycles. The molecule has 2 heteroatoms. The molecule has 0 bridgehead atoms. The first-order valence-electron chi connectivity index (χ1n) is 20.6. The highest BCUT2D eigenvalue weighted by molar-refractivity contribution is 6.30. The lowest BCUT2D eigenvalue weighted by Gasteiger charge is -2.58. The smallest absolute Gasteiger partial charge is 0.159 e. The van der Waals surface area contributed by atoms with Gasteiger partial charge in [0.15, 0.2) is 11.6 Å². The molecule has 252 valence electrons. The molecule has 0 aromatic rings. The van der Waals surface area contributed by atoms with Crippen molar-refractivity contribution in [2.45, 2.75) is 206 Å². The van der Waals surface area contributed by atoms with Crippen molar-refractivity contribution < 1.29 is 9.59 Å². The first kappa shape index (κ1) is 34.7. The molecule has 5 rings (SSSR count). The molecule has 5 fully saturated rings. The maximum Gasteiger partial charge on any atom is 0.159 e. The number of carbonyl (C=O) groups excluding carboxylic acids is 2. The first-order chi connectivity index (χ1) is 21.5. The Labute approximate surface area is 273 Å². The molecule has 2 spiro atoms. The number of Topliss-reactive ketones (excluding diaryl/α,β-unsaturated/α-hetero) is 2. The van der Waals surface area contributed by atoms with Gasteiger partial charge in [-0.05, 0) is 113 Å². The Kier molecular flexibility index (Phi) is 13.4. The fraction of sp³-hybridized carbons (Fsp3) is 0.952. The molecule has 2 nitrogen and oxygen atoms in total. The van der Waals surface area contributed by atoms with Crippen molar-refractivity contribution in [2.24, 2.45) is 46.3 Å². The summed E-state index contributed by atoms with van der Waals surface area (Å²) in [6.07, 6.45) is 39.4. The fourth-order valence-corrected chi connectivity index (χ4v) is 11.5. The van der Waals surface area contributed by atoms with Crippen molar-refractivity contribution >= 4 is 11.6 Å². The van der Waals surface area contributed by atoms with Gasteiger partial charge in [-0.25, -0.2) is 0 Å². The van der Waals surface area contributed by atoms with Crippen molar-refractivity contribution in [3.8, 4) is 0 Å². The van der Waals surface area contributed by atoms with E-state index in [4.69, 9.17) is 0 Å². The Hall–Kier alpha value is -0.660. The van der Waals surface area contributed by atoms with Gasteiger partial charge in [0.05, 0.1) is 10.8 Å². The number of hydrogen-bond donors (Lipinski definition) is 0. The summed E-state index contributed by atoms with van der Waals surface area (Å²) in [4.78, 5) is 27.8. The van der Waals surface area contributed by atoms with Crippen molar-refractivity contribution in [1.82, 2.24) is 0 Å². The Morgan fingerprint density at radius 3 is 1.07 bits per heavy atom. The highest BCUT2D eigenvalue weighted by Crippen LogP contribution is 2.63. The molecule has 0 N–H and O–H groups in total. The van der Waals surface area contributed by atoms with Crippen molar-refractivity contribution in [2.75, 3.05) is 0 Å². The highest BCUT2D eigenvalue weighted by Gasteiger charge is 2.71. The van der Waals surface area contributed by atoms with Crippen LogP contribution in [-0.4, -0.2) is 11.6 Å². The van der Waals surface area contributed by atoms with E-state index in [1.807, 2.05) is 0 Å². The van der Waals surface area contributed by atoms with Crippen molar-refractivity contribution in [3.05, 3.63) is 0 Å². The van der Waals surface area contributed by atoms with Crippen LogP contribution in [-0.2, 0) is 9.59 Å². The Balaban J connectivity index is 0.966. The van der Waals surface area contributed by atoms with Gasteiger partial charge in [-0.2, -0.15) is 0 Å². The summed E-state index contributed by atoms with van der Waals surface area (Å²) in [7, 11) is 0. The van der Waals surface area contributed by atoms with Gasteiger partial charge >= 0.3 is 0 Å². The molecule has 0 heterocycles. The van der Waals surface area contributed by atoms with E-state index >= 15 is 0 Å². The molecule has 0 amide bonds. The standard InChI is InChI=1S/C42H72O2/c1-3-5-7-9-10-11-12-14-16-34-19-23-36(24-20-34)38-27-31-42(32-28-38)39(43)41(40(42)44)29-25-37(26-30-41)35-21-17-33(18-22-35)15-13-8-6-4-2/h33-38H,3-32H2,1-2H3. The van der Waals surface area contributed by atoms with E-state index in [0.717, 1.165) is 86.9 Å². The zero-order chi connectivity index (χ0) is 30.8. The lowest BCUT2D eigenvalue weighted by molar-refractivity contribution is -0.179. The van der Waals surface area contributed by atoms with Crippen LogP contribution in [0.2, 0.25) is 0 Å². The third kappa shape index (κ3) is 8.06. The average Bonchev–Trinajstić information content (AvgIpc) is 3.08. The van der Waals surface area contributed by atoms with E-state index in [2.05, 4.69) is 13.8 Å². The molecule has 0 saturated heterocycles. The van der Waals surface area contributed by atoms with Crippen LogP contribution in [0.15, 0.2) is 0 Å². The number of ketones is 2. The molecular formula is C42H72O2. The Morgan fingerprint density at radius 2 is 0.705 bits per heavy atom. The van der Waals surface area contributed by atoms with Gasteiger partial charge in [0.1, 0.15) is 0 Å². The largest absolute Gasteiger partial charge is 0.297 e. The Morgan fingerprint density at radius 1 is 0.409 bits per heavy atom. The van der Waals surface area contributed by atoms with Crippen LogP contribution in [0.4, 0.5) is 0 Å². The minimum absolute atomic E-state index is 0.414. The molecule has 44 heavy (non-hydrogen) atoms. The monoisotopic (exact) mass is 609 g/mol.